The van der Waals surface area contributed by atoms with Gasteiger partial charge in [0.25, 0.3) is 0 Å². The second kappa shape index (κ2) is 5.27. The molecule has 0 saturated heterocycles. The fourth-order valence-electron chi connectivity index (χ4n) is 1.64. The van der Waals surface area contributed by atoms with E-state index in [2.05, 4.69) is 5.32 Å². The molecule has 1 aliphatic rings. The summed E-state index contributed by atoms with van der Waals surface area (Å²) >= 11 is 5.49. The predicted molar refractivity (Wildman–Crippen MR) is 64.5 cm³/mol. The molecule has 17 heavy (non-hydrogen) atoms. The monoisotopic (exact) mass is 255 g/mol. The van der Waals surface area contributed by atoms with Gasteiger partial charge in [0.15, 0.2) is 11.5 Å². The zero-order valence-corrected chi connectivity index (χ0v) is 10.3. The van der Waals surface area contributed by atoms with Gasteiger partial charge in [0, 0.05) is 18.8 Å². The van der Waals surface area contributed by atoms with Gasteiger partial charge >= 0.3 is 0 Å². The highest BCUT2D eigenvalue weighted by molar-refractivity contribution is 6.18. The van der Waals surface area contributed by atoms with Crippen LogP contribution in [-0.4, -0.2) is 18.6 Å². The van der Waals surface area contributed by atoms with Crippen LogP contribution in [0.1, 0.15) is 17.5 Å². The van der Waals surface area contributed by atoms with Crippen LogP contribution in [-0.2, 0) is 11.3 Å². The Morgan fingerprint density at radius 2 is 2.12 bits per heavy atom. The van der Waals surface area contributed by atoms with E-state index in [4.69, 9.17) is 21.1 Å². The first-order valence-corrected chi connectivity index (χ1v) is 5.96. The van der Waals surface area contributed by atoms with E-state index < -0.39 is 0 Å². The zero-order chi connectivity index (χ0) is 12.3. The Kier molecular flexibility index (Phi) is 3.74. The summed E-state index contributed by atoms with van der Waals surface area (Å²) in [5.41, 5.74) is 2.09. The highest BCUT2D eigenvalue weighted by atomic mass is 35.5. The average molecular weight is 256 g/mol. The second-order valence-electron chi connectivity index (χ2n) is 3.85. The number of amides is 1. The minimum Gasteiger partial charge on any atom is -0.454 e. The first-order valence-electron chi connectivity index (χ1n) is 5.42. The van der Waals surface area contributed by atoms with Gasteiger partial charge in [0.1, 0.15) is 0 Å². The maximum Gasteiger partial charge on any atom is 0.231 e. The van der Waals surface area contributed by atoms with Crippen LogP contribution in [0.3, 0.4) is 0 Å². The van der Waals surface area contributed by atoms with Gasteiger partial charge in [0.05, 0.1) is 0 Å². The third kappa shape index (κ3) is 2.82. The molecule has 0 fully saturated rings. The Labute approximate surface area is 105 Å². The van der Waals surface area contributed by atoms with E-state index in [0.717, 1.165) is 22.6 Å². The Hall–Kier alpha value is -1.42. The van der Waals surface area contributed by atoms with E-state index >= 15 is 0 Å². The highest BCUT2D eigenvalue weighted by Crippen LogP contribution is 2.34. The number of aryl methyl sites for hydroxylation is 1. The smallest absolute Gasteiger partial charge is 0.231 e. The number of alkyl halides is 1. The number of carbonyl (C=O) groups is 1. The van der Waals surface area contributed by atoms with Crippen molar-refractivity contribution < 1.29 is 14.3 Å². The molecule has 5 heteroatoms. The first-order chi connectivity index (χ1) is 8.20. The average Bonchev–Trinajstić information content (AvgIpc) is 2.73. The Morgan fingerprint density at radius 3 is 2.82 bits per heavy atom. The molecule has 1 heterocycles. The number of halogens is 1. The summed E-state index contributed by atoms with van der Waals surface area (Å²) in [6.45, 7) is 2.72. The molecule has 0 bridgehead atoms. The van der Waals surface area contributed by atoms with Crippen LogP contribution in [0.15, 0.2) is 12.1 Å². The molecule has 0 radical (unpaired) electrons. The Morgan fingerprint density at radius 1 is 1.41 bits per heavy atom. The van der Waals surface area contributed by atoms with Crippen molar-refractivity contribution in [3.63, 3.8) is 0 Å². The number of benzene rings is 1. The SMILES string of the molecule is Cc1cc2c(cc1CNC(=O)CCCl)OCO2. The molecule has 4 nitrogen and oxygen atoms in total. The summed E-state index contributed by atoms with van der Waals surface area (Å²) in [6.07, 6.45) is 0.338. The summed E-state index contributed by atoms with van der Waals surface area (Å²) in [5, 5.41) is 2.81. The van der Waals surface area contributed by atoms with Gasteiger partial charge in [0.2, 0.25) is 12.7 Å². The normalized spacial score (nSPS) is 12.6. The number of hydrogen-bond donors (Lipinski definition) is 1. The molecule has 0 aliphatic carbocycles. The number of carbonyl (C=O) groups excluding carboxylic acids is 1. The predicted octanol–water partition coefficient (Wildman–Crippen LogP) is 1.97. The van der Waals surface area contributed by atoms with Crippen molar-refractivity contribution >= 4 is 17.5 Å². The molecule has 1 aromatic carbocycles. The van der Waals surface area contributed by atoms with Crippen molar-refractivity contribution in [3.05, 3.63) is 23.3 Å². The van der Waals surface area contributed by atoms with Crippen molar-refractivity contribution in [2.45, 2.75) is 19.9 Å². The Balaban J connectivity index is 2.04. The van der Waals surface area contributed by atoms with E-state index in [0.29, 0.717) is 18.8 Å². The molecule has 2 rings (SSSR count). The largest absolute Gasteiger partial charge is 0.454 e. The third-order valence-corrected chi connectivity index (χ3v) is 2.82. The molecular weight excluding hydrogens is 242 g/mol. The highest BCUT2D eigenvalue weighted by Gasteiger charge is 2.15. The van der Waals surface area contributed by atoms with Gasteiger partial charge in [-0.15, -0.1) is 11.6 Å². The number of fused-ring (bicyclic) bond motifs is 1. The van der Waals surface area contributed by atoms with E-state index in [1.807, 2.05) is 19.1 Å². The summed E-state index contributed by atoms with van der Waals surface area (Å²) in [7, 11) is 0. The summed E-state index contributed by atoms with van der Waals surface area (Å²) in [4.78, 5) is 11.3. The van der Waals surface area contributed by atoms with Gasteiger partial charge in [-0.2, -0.15) is 0 Å². The lowest BCUT2D eigenvalue weighted by molar-refractivity contribution is -0.120. The van der Waals surface area contributed by atoms with Gasteiger partial charge in [-0.3, -0.25) is 4.79 Å². The fourth-order valence-corrected chi connectivity index (χ4v) is 1.82. The molecule has 1 aliphatic heterocycles. The van der Waals surface area contributed by atoms with E-state index in [1.165, 1.54) is 0 Å². The van der Waals surface area contributed by atoms with E-state index in [-0.39, 0.29) is 12.7 Å². The molecule has 0 aromatic heterocycles. The van der Waals surface area contributed by atoms with Gasteiger partial charge in [-0.25, -0.2) is 0 Å². The number of nitrogens with one attached hydrogen (secondary N) is 1. The molecule has 92 valence electrons. The lowest BCUT2D eigenvalue weighted by Gasteiger charge is -2.08. The summed E-state index contributed by atoms with van der Waals surface area (Å²) < 4.78 is 10.6. The number of rotatable bonds is 4. The third-order valence-electron chi connectivity index (χ3n) is 2.63. The van der Waals surface area contributed by atoms with Crippen molar-refractivity contribution in [1.29, 1.82) is 0 Å². The Bertz CT molecular complexity index is 434. The maximum absolute atomic E-state index is 11.3. The lowest BCUT2D eigenvalue weighted by Crippen LogP contribution is -2.23. The van der Waals surface area contributed by atoms with Crippen LogP contribution in [0, 0.1) is 6.92 Å². The van der Waals surface area contributed by atoms with Crippen LogP contribution in [0.2, 0.25) is 0 Å². The van der Waals surface area contributed by atoms with Gasteiger partial charge < -0.3 is 14.8 Å². The van der Waals surface area contributed by atoms with Crippen molar-refractivity contribution in [2.75, 3.05) is 12.7 Å². The van der Waals surface area contributed by atoms with Crippen LogP contribution >= 0.6 is 11.6 Å². The van der Waals surface area contributed by atoms with Crippen LogP contribution in [0.25, 0.3) is 0 Å². The lowest BCUT2D eigenvalue weighted by atomic mass is 10.1. The number of ether oxygens (including phenoxy) is 2. The minimum absolute atomic E-state index is 0.0444. The topological polar surface area (TPSA) is 47.6 Å². The molecule has 1 aromatic rings. The summed E-state index contributed by atoms with van der Waals surface area (Å²) in [5.74, 6) is 1.79. The van der Waals surface area contributed by atoms with E-state index in [9.17, 15) is 4.79 Å². The standard InChI is InChI=1S/C12H14ClNO3/c1-8-4-10-11(17-7-16-10)5-9(8)6-14-12(15)2-3-13/h4-5H,2-3,6-7H2,1H3,(H,14,15). The van der Waals surface area contributed by atoms with E-state index in [1.54, 1.807) is 0 Å². The second-order valence-corrected chi connectivity index (χ2v) is 4.23. The number of hydrogen-bond acceptors (Lipinski definition) is 3. The molecule has 0 spiro atoms. The van der Waals surface area contributed by atoms with Crippen molar-refractivity contribution in [3.8, 4) is 11.5 Å². The molecule has 0 unspecified atom stereocenters. The van der Waals surface area contributed by atoms with Gasteiger partial charge in [-0.1, -0.05) is 0 Å². The van der Waals surface area contributed by atoms with Crippen LogP contribution in [0.4, 0.5) is 0 Å². The molecule has 1 amide bonds. The van der Waals surface area contributed by atoms with Crippen molar-refractivity contribution in [2.24, 2.45) is 0 Å². The molecule has 1 N–H and O–H groups in total. The summed E-state index contributed by atoms with van der Waals surface area (Å²) in [6, 6.07) is 3.82. The molecule has 0 atom stereocenters. The zero-order valence-electron chi connectivity index (χ0n) is 9.59. The fraction of sp³-hybridized carbons (Fsp3) is 0.417. The van der Waals surface area contributed by atoms with Gasteiger partial charge in [-0.05, 0) is 30.2 Å². The molecule has 0 saturated carbocycles. The first kappa shape index (κ1) is 12.0. The quantitative estimate of drug-likeness (QED) is 0.837. The minimum atomic E-state index is -0.0444. The molecular formula is C12H14ClNO3. The van der Waals surface area contributed by atoms with Crippen LogP contribution in [0.5, 0.6) is 11.5 Å². The van der Waals surface area contributed by atoms with Crippen molar-refractivity contribution in [1.82, 2.24) is 5.32 Å². The van der Waals surface area contributed by atoms with Crippen LogP contribution < -0.4 is 14.8 Å². The maximum atomic E-state index is 11.3.